The molecule has 0 bridgehead atoms. The number of methoxy groups -OCH3 is 1. The van der Waals surface area contributed by atoms with Crippen molar-refractivity contribution >= 4 is 23.3 Å². The molecule has 2 aromatic heterocycles. The molecule has 10 nitrogen and oxygen atoms in total. The number of nitrogens with one attached hydrogen (secondary N) is 1. The molecule has 26 heavy (non-hydrogen) atoms. The number of aromatic nitrogens is 4. The lowest BCUT2D eigenvalue weighted by Gasteiger charge is -2.11. The lowest BCUT2D eigenvalue weighted by Crippen LogP contribution is -2.11. The SMILES string of the molecule is COc1ccccc1Nc1cc(C#N)nc(-n2ncc(C(=O)O)c2N)n1. The van der Waals surface area contributed by atoms with Crippen molar-refractivity contribution < 1.29 is 14.6 Å². The zero-order valence-corrected chi connectivity index (χ0v) is 13.5. The number of carboxylic acid groups (broad SMARTS) is 1. The fourth-order valence-corrected chi connectivity index (χ4v) is 2.22. The number of carboxylic acids is 1. The van der Waals surface area contributed by atoms with Gasteiger partial charge in [0, 0.05) is 6.07 Å². The number of nitrogens with zero attached hydrogens (tertiary/aromatic N) is 5. The summed E-state index contributed by atoms with van der Waals surface area (Å²) in [4.78, 5) is 19.4. The van der Waals surface area contributed by atoms with Gasteiger partial charge in [-0.15, -0.1) is 0 Å². The van der Waals surface area contributed by atoms with E-state index in [9.17, 15) is 10.1 Å². The Labute approximate surface area is 147 Å². The van der Waals surface area contributed by atoms with Crippen LogP contribution in [0, 0.1) is 11.3 Å². The van der Waals surface area contributed by atoms with Crippen molar-refractivity contribution in [3.8, 4) is 17.8 Å². The molecule has 0 spiro atoms. The van der Waals surface area contributed by atoms with Gasteiger partial charge in [-0.3, -0.25) is 0 Å². The third-order valence-electron chi connectivity index (χ3n) is 3.42. The number of anilines is 3. The maximum absolute atomic E-state index is 11.1. The molecule has 0 atom stereocenters. The fourth-order valence-electron chi connectivity index (χ4n) is 2.22. The molecule has 3 aromatic rings. The molecule has 0 amide bonds. The summed E-state index contributed by atoms with van der Waals surface area (Å²) in [6.45, 7) is 0. The molecule has 1 aromatic carbocycles. The molecule has 4 N–H and O–H groups in total. The van der Waals surface area contributed by atoms with Gasteiger partial charge in [-0.1, -0.05) is 12.1 Å². The van der Waals surface area contributed by atoms with Crippen LogP contribution in [0.4, 0.5) is 17.3 Å². The molecule has 0 aliphatic carbocycles. The number of ether oxygens (including phenoxy) is 1. The normalized spacial score (nSPS) is 10.2. The van der Waals surface area contributed by atoms with Crippen LogP contribution >= 0.6 is 0 Å². The second-order valence-electron chi connectivity index (χ2n) is 5.04. The summed E-state index contributed by atoms with van der Waals surface area (Å²) in [5.74, 6) is -0.527. The van der Waals surface area contributed by atoms with Crippen LogP contribution in [-0.2, 0) is 0 Å². The van der Waals surface area contributed by atoms with Crippen molar-refractivity contribution in [3.63, 3.8) is 0 Å². The second kappa shape index (κ2) is 6.78. The number of nitrogens with two attached hydrogens (primary N) is 1. The van der Waals surface area contributed by atoms with E-state index >= 15 is 0 Å². The zero-order chi connectivity index (χ0) is 18.7. The number of nitrogen functional groups attached to an aromatic ring is 1. The summed E-state index contributed by atoms with van der Waals surface area (Å²) in [5, 5.41) is 25.2. The summed E-state index contributed by atoms with van der Waals surface area (Å²) >= 11 is 0. The molecule has 3 rings (SSSR count). The van der Waals surface area contributed by atoms with Crippen LogP contribution in [0.15, 0.2) is 36.5 Å². The molecule has 2 heterocycles. The number of benzene rings is 1. The third kappa shape index (κ3) is 3.09. The Kier molecular flexibility index (Phi) is 4.36. The highest BCUT2D eigenvalue weighted by Crippen LogP contribution is 2.27. The highest BCUT2D eigenvalue weighted by atomic mass is 16.5. The first-order chi connectivity index (χ1) is 12.5. The molecular formula is C16H13N7O3. The van der Waals surface area contributed by atoms with Crippen molar-refractivity contribution in [3.05, 3.63) is 47.8 Å². The predicted molar refractivity (Wildman–Crippen MR) is 91.5 cm³/mol. The Hall–Kier alpha value is -4.13. The molecule has 0 fully saturated rings. The predicted octanol–water partition coefficient (Wildman–Crippen LogP) is 1.57. The molecular weight excluding hydrogens is 338 g/mol. The first-order valence-electron chi connectivity index (χ1n) is 7.30. The average Bonchev–Trinajstić information content (AvgIpc) is 3.03. The van der Waals surface area contributed by atoms with Gasteiger partial charge >= 0.3 is 5.97 Å². The number of rotatable bonds is 5. The monoisotopic (exact) mass is 351 g/mol. The average molecular weight is 351 g/mol. The fraction of sp³-hybridized carbons (Fsp3) is 0.0625. The smallest absolute Gasteiger partial charge is 0.341 e. The van der Waals surface area contributed by atoms with Gasteiger partial charge in [0.2, 0.25) is 0 Å². The van der Waals surface area contributed by atoms with E-state index in [1.165, 1.54) is 13.2 Å². The van der Waals surface area contributed by atoms with Crippen molar-refractivity contribution in [2.75, 3.05) is 18.2 Å². The molecule has 0 saturated heterocycles. The summed E-state index contributed by atoms with van der Waals surface area (Å²) in [5.41, 5.74) is 6.29. The standard InChI is InChI=1S/C16H13N7O3/c1-26-12-5-3-2-4-11(12)21-13-6-9(7-17)20-16(22-13)23-14(18)10(8-19-23)15(24)25/h2-6,8H,18H2,1H3,(H,24,25)(H,20,21,22). The first-order valence-corrected chi connectivity index (χ1v) is 7.30. The Morgan fingerprint density at radius 3 is 2.81 bits per heavy atom. The van der Waals surface area contributed by atoms with Gasteiger partial charge in [0.1, 0.15) is 34.7 Å². The highest BCUT2D eigenvalue weighted by Gasteiger charge is 2.18. The van der Waals surface area contributed by atoms with E-state index in [0.29, 0.717) is 17.3 Å². The molecule has 0 radical (unpaired) electrons. The molecule has 0 aliphatic rings. The molecule has 0 aliphatic heterocycles. The van der Waals surface area contributed by atoms with E-state index in [2.05, 4.69) is 20.4 Å². The number of hydrogen-bond donors (Lipinski definition) is 3. The van der Waals surface area contributed by atoms with Gasteiger partial charge in [-0.2, -0.15) is 25.0 Å². The van der Waals surface area contributed by atoms with Crippen LogP contribution in [0.5, 0.6) is 5.75 Å². The van der Waals surface area contributed by atoms with Gasteiger partial charge in [0.25, 0.3) is 5.95 Å². The van der Waals surface area contributed by atoms with Gasteiger partial charge < -0.3 is 20.9 Å². The first kappa shape index (κ1) is 16.7. The van der Waals surface area contributed by atoms with Crippen molar-refractivity contribution in [2.24, 2.45) is 0 Å². The van der Waals surface area contributed by atoms with E-state index in [1.54, 1.807) is 12.1 Å². The van der Waals surface area contributed by atoms with Crippen LogP contribution in [0.1, 0.15) is 16.1 Å². The highest BCUT2D eigenvalue weighted by molar-refractivity contribution is 5.92. The zero-order valence-electron chi connectivity index (χ0n) is 13.5. The lowest BCUT2D eigenvalue weighted by atomic mass is 10.3. The van der Waals surface area contributed by atoms with Gasteiger partial charge in [-0.25, -0.2) is 4.79 Å². The molecule has 10 heteroatoms. The Morgan fingerprint density at radius 2 is 2.15 bits per heavy atom. The Bertz CT molecular complexity index is 1020. The molecule has 0 unspecified atom stereocenters. The maximum atomic E-state index is 11.1. The summed E-state index contributed by atoms with van der Waals surface area (Å²) in [6.07, 6.45) is 1.09. The Morgan fingerprint density at radius 1 is 1.38 bits per heavy atom. The lowest BCUT2D eigenvalue weighted by molar-refractivity contribution is 0.0698. The summed E-state index contributed by atoms with van der Waals surface area (Å²) in [6, 6.07) is 10.5. The van der Waals surface area contributed by atoms with E-state index in [1.807, 2.05) is 18.2 Å². The van der Waals surface area contributed by atoms with Crippen LogP contribution in [-0.4, -0.2) is 37.9 Å². The number of carbonyl (C=O) groups is 1. The largest absolute Gasteiger partial charge is 0.495 e. The maximum Gasteiger partial charge on any atom is 0.341 e. The van der Waals surface area contributed by atoms with Crippen LogP contribution in [0.2, 0.25) is 0 Å². The Balaban J connectivity index is 2.05. The van der Waals surface area contributed by atoms with Crippen molar-refractivity contribution in [2.45, 2.75) is 0 Å². The minimum Gasteiger partial charge on any atom is -0.495 e. The topological polar surface area (TPSA) is 152 Å². The number of aromatic carboxylic acids is 1. The van der Waals surface area contributed by atoms with E-state index in [-0.39, 0.29) is 23.0 Å². The van der Waals surface area contributed by atoms with Gasteiger partial charge in [0.05, 0.1) is 19.0 Å². The minimum absolute atomic E-state index is 0.0357. The molecule has 0 saturated carbocycles. The number of hydrogen-bond acceptors (Lipinski definition) is 8. The van der Waals surface area contributed by atoms with Crippen molar-refractivity contribution in [1.29, 1.82) is 5.26 Å². The minimum atomic E-state index is -1.22. The van der Waals surface area contributed by atoms with Crippen LogP contribution in [0.25, 0.3) is 5.95 Å². The quantitative estimate of drug-likeness (QED) is 0.621. The van der Waals surface area contributed by atoms with Gasteiger partial charge in [-0.05, 0) is 12.1 Å². The third-order valence-corrected chi connectivity index (χ3v) is 3.42. The van der Waals surface area contributed by atoms with Gasteiger partial charge in [0.15, 0.2) is 0 Å². The van der Waals surface area contributed by atoms with E-state index in [4.69, 9.17) is 15.6 Å². The van der Waals surface area contributed by atoms with E-state index in [0.717, 1.165) is 10.9 Å². The number of para-hydroxylation sites is 2. The van der Waals surface area contributed by atoms with E-state index < -0.39 is 5.97 Å². The number of nitriles is 1. The second-order valence-corrected chi connectivity index (χ2v) is 5.04. The molecule has 130 valence electrons. The summed E-state index contributed by atoms with van der Waals surface area (Å²) in [7, 11) is 1.53. The van der Waals surface area contributed by atoms with Crippen LogP contribution in [0.3, 0.4) is 0 Å². The summed E-state index contributed by atoms with van der Waals surface area (Å²) < 4.78 is 6.32. The van der Waals surface area contributed by atoms with Crippen molar-refractivity contribution in [1.82, 2.24) is 19.7 Å². The van der Waals surface area contributed by atoms with Crippen LogP contribution < -0.4 is 15.8 Å².